The van der Waals surface area contributed by atoms with Crippen LogP contribution in [-0.2, 0) is 0 Å². The number of rotatable bonds is 10. The lowest BCUT2D eigenvalue weighted by Gasteiger charge is -2.22. The Morgan fingerprint density at radius 2 is 1.73 bits per heavy atom. The van der Waals surface area contributed by atoms with E-state index in [1.54, 1.807) is 0 Å². The van der Waals surface area contributed by atoms with E-state index in [9.17, 15) is 0 Å². The third kappa shape index (κ3) is 10.2. The molecule has 92 valence electrons. The van der Waals surface area contributed by atoms with Gasteiger partial charge in [-0.3, -0.25) is 0 Å². The zero-order valence-electron chi connectivity index (χ0n) is 11.2. The largest absolute Gasteiger partial charge is 0.320 e. The van der Waals surface area contributed by atoms with Gasteiger partial charge >= 0.3 is 0 Å². The van der Waals surface area contributed by atoms with Crippen molar-refractivity contribution in [2.75, 3.05) is 33.2 Å². The summed E-state index contributed by atoms with van der Waals surface area (Å²) in [4.78, 5) is 2.57. The SMILES string of the molecule is CCN(CCCCCCNC)CC(C)C. The van der Waals surface area contributed by atoms with E-state index in [0.717, 1.165) is 5.92 Å². The summed E-state index contributed by atoms with van der Waals surface area (Å²) in [6.07, 6.45) is 5.45. The molecule has 0 aromatic carbocycles. The van der Waals surface area contributed by atoms with Gasteiger partial charge in [0.15, 0.2) is 0 Å². The summed E-state index contributed by atoms with van der Waals surface area (Å²) in [5.41, 5.74) is 0. The van der Waals surface area contributed by atoms with E-state index < -0.39 is 0 Å². The number of unbranched alkanes of at least 4 members (excludes halogenated alkanes) is 3. The van der Waals surface area contributed by atoms with E-state index in [1.165, 1.54) is 51.9 Å². The van der Waals surface area contributed by atoms with E-state index in [1.807, 2.05) is 7.05 Å². The highest BCUT2D eigenvalue weighted by Crippen LogP contribution is 2.04. The molecular weight excluding hydrogens is 184 g/mol. The first-order chi connectivity index (χ1) is 7.20. The Morgan fingerprint density at radius 1 is 1.07 bits per heavy atom. The van der Waals surface area contributed by atoms with Gasteiger partial charge in [0, 0.05) is 6.54 Å². The van der Waals surface area contributed by atoms with E-state index in [0.29, 0.717) is 0 Å². The minimum absolute atomic E-state index is 0.800. The summed E-state index contributed by atoms with van der Waals surface area (Å²) >= 11 is 0. The highest BCUT2D eigenvalue weighted by molar-refractivity contribution is 4.58. The maximum absolute atomic E-state index is 3.19. The number of nitrogens with zero attached hydrogens (tertiary/aromatic N) is 1. The van der Waals surface area contributed by atoms with Gasteiger partial charge in [0.05, 0.1) is 0 Å². The molecule has 1 N–H and O–H groups in total. The fraction of sp³-hybridized carbons (Fsp3) is 1.00. The van der Waals surface area contributed by atoms with Gasteiger partial charge in [-0.05, 0) is 45.4 Å². The quantitative estimate of drug-likeness (QED) is 0.563. The molecule has 0 aromatic heterocycles. The monoisotopic (exact) mass is 214 g/mol. The Kier molecular flexibility index (Phi) is 10.4. The third-order valence-electron chi connectivity index (χ3n) is 2.72. The number of nitrogens with one attached hydrogen (secondary N) is 1. The molecule has 0 spiro atoms. The normalized spacial score (nSPS) is 11.6. The highest BCUT2D eigenvalue weighted by Gasteiger charge is 2.03. The van der Waals surface area contributed by atoms with Crippen LogP contribution in [0.2, 0.25) is 0 Å². The van der Waals surface area contributed by atoms with Crippen molar-refractivity contribution in [2.24, 2.45) is 5.92 Å². The van der Waals surface area contributed by atoms with Gasteiger partial charge < -0.3 is 10.2 Å². The molecule has 0 saturated heterocycles. The van der Waals surface area contributed by atoms with Crippen LogP contribution in [0.25, 0.3) is 0 Å². The van der Waals surface area contributed by atoms with Gasteiger partial charge in [0.2, 0.25) is 0 Å². The lowest BCUT2D eigenvalue weighted by Crippen LogP contribution is -2.28. The highest BCUT2D eigenvalue weighted by atomic mass is 15.1. The van der Waals surface area contributed by atoms with Crippen molar-refractivity contribution in [3.05, 3.63) is 0 Å². The molecular formula is C13H30N2. The molecule has 0 fully saturated rings. The molecule has 0 radical (unpaired) electrons. The minimum atomic E-state index is 0.800. The van der Waals surface area contributed by atoms with Crippen molar-refractivity contribution in [2.45, 2.75) is 46.5 Å². The van der Waals surface area contributed by atoms with E-state index >= 15 is 0 Å². The molecule has 0 rings (SSSR count). The second-order valence-electron chi connectivity index (χ2n) is 4.80. The van der Waals surface area contributed by atoms with Crippen LogP contribution in [0, 0.1) is 5.92 Å². The van der Waals surface area contributed by atoms with Crippen molar-refractivity contribution < 1.29 is 0 Å². The molecule has 0 aromatic rings. The Bertz CT molecular complexity index is 124. The minimum Gasteiger partial charge on any atom is -0.320 e. The zero-order chi connectivity index (χ0) is 11.5. The van der Waals surface area contributed by atoms with Crippen LogP contribution in [0.3, 0.4) is 0 Å². The third-order valence-corrected chi connectivity index (χ3v) is 2.72. The number of hydrogen-bond donors (Lipinski definition) is 1. The lowest BCUT2D eigenvalue weighted by molar-refractivity contribution is 0.250. The first-order valence-corrected chi connectivity index (χ1v) is 6.57. The fourth-order valence-corrected chi connectivity index (χ4v) is 1.89. The second-order valence-corrected chi connectivity index (χ2v) is 4.80. The van der Waals surface area contributed by atoms with Crippen LogP contribution in [0.1, 0.15) is 46.5 Å². The Labute approximate surface area is 96.4 Å². The van der Waals surface area contributed by atoms with Gasteiger partial charge in [0.1, 0.15) is 0 Å². The maximum Gasteiger partial charge on any atom is 0.000427 e. The molecule has 0 aliphatic heterocycles. The molecule has 0 bridgehead atoms. The van der Waals surface area contributed by atoms with Crippen LogP contribution < -0.4 is 5.32 Å². The fourth-order valence-electron chi connectivity index (χ4n) is 1.89. The zero-order valence-corrected chi connectivity index (χ0v) is 11.2. The van der Waals surface area contributed by atoms with E-state index in [4.69, 9.17) is 0 Å². The molecule has 0 atom stereocenters. The molecule has 0 unspecified atom stereocenters. The molecule has 0 amide bonds. The molecule has 0 aliphatic carbocycles. The molecule has 0 aliphatic rings. The average Bonchev–Trinajstić information content (AvgIpc) is 2.20. The van der Waals surface area contributed by atoms with Crippen LogP contribution >= 0.6 is 0 Å². The van der Waals surface area contributed by atoms with Crippen molar-refractivity contribution in [1.29, 1.82) is 0 Å². The predicted octanol–water partition coefficient (Wildman–Crippen LogP) is 2.74. The van der Waals surface area contributed by atoms with Crippen LogP contribution in [0.4, 0.5) is 0 Å². The van der Waals surface area contributed by atoms with Crippen LogP contribution in [0.5, 0.6) is 0 Å². The Morgan fingerprint density at radius 3 is 2.27 bits per heavy atom. The van der Waals surface area contributed by atoms with Gasteiger partial charge in [-0.1, -0.05) is 33.6 Å². The second kappa shape index (κ2) is 10.4. The molecule has 0 heterocycles. The Balaban J connectivity index is 3.30. The summed E-state index contributed by atoms with van der Waals surface area (Å²) in [6, 6.07) is 0. The molecule has 0 saturated carbocycles. The summed E-state index contributed by atoms with van der Waals surface area (Å²) in [7, 11) is 2.03. The average molecular weight is 214 g/mol. The summed E-state index contributed by atoms with van der Waals surface area (Å²) in [5, 5.41) is 3.19. The smallest absolute Gasteiger partial charge is 0.000427 e. The van der Waals surface area contributed by atoms with E-state index in [-0.39, 0.29) is 0 Å². The standard InChI is InChI=1S/C13H30N2/c1-5-15(12-13(2)3)11-9-7-6-8-10-14-4/h13-14H,5-12H2,1-4H3. The van der Waals surface area contributed by atoms with Crippen LogP contribution in [0.15, 0.2) is 0 Å². The van der Waals surface area contributed by atoms with Crippen molar-refractivity contribution in [3.8, 4) is 0 Å². The molecule has 2 nitrogen and oxygen atoms in total. The van der Waals surface area contributed by atoms with Crippen molar-refractivity contribution in [1.82, 2.24) is 10.2 Å². The first-order valence-electron chi connectivity index (χ1n) is 6.57. The lowest BCUT2D eigenvalue weighted by atomic mass is 10.1. The topological polar surface area (TPSA) is 15.3 Å². The summed E-state index contributed by atoms with van der Waals surface area (Å²) in [5.74, 6) is 0.800. The van der Waals surface area contributed by atoms with Gasteiger partial charge in [-0.25, -0.2) is 0 Å². The van der Waals surface area contributed by atoms with E-state index in [2.05, 4.69) is 31.0 Å². The first kappa shape index (κ1) is 14.9. The van der Waals surface area contributed by atoms with Gasteiger partial charge in [-0.15, -0.1) is 0 Å². The predicted molar refractivity (Wildman–Crippen MR) is 69.3 cm³/mol. The Hall–Kier alpha value is -0.0800. The molecule has 2 heteroatoms. The van der Waals surface area contributed by atoms with Crippen molar-refractivity contribution >= 4 is 0 Å². The van der Waals surface area contributed by atoms with Crippen molar-refractivity contribution in [3.63, 3.8) is 0 Å². The van der Waals surface area contributed by atoms with Gasteiger partial charge in [0.25, 0.3) is 0 Å². The van der Waals surface area contributed by atoms with Gasteiger partial charge in [-0.2, -0.15) is 0 Å². The summed E-state index contributed by atoms with van der Waals surface area (Å²) < 4.78 is 0. The van der Waals surface area contributed by atoms with Crippen LogP contribution in [-0.4, -0.2) is 38.1 Å². The number of hydrogen-bond acceptors (Lipinski definition) is 2. The molecule has 15 heavy (non-hydrogen) atoms. The summed E-state index contributed by atoms with van der Waals surface area (Å²) in [6.45, 7) is 11.8. The maximum atomic E-state index is 3.19.